The quantitative estimate of drug-likeness (QED) is 0.630. The fourth-order valence-electron chi connectivity index (χ4n) is 1.15. The Morgan fingerprint density at radius 1 is 1.33 bits per heavy atom. The van der Waals surface area contributed by atoms with Crippen LogP contribution < -0.4 is 0 Å². The Morgan fingerprint density at radius 2 is 1.93 bits per heavy atom. The van der Waals surface area contributed by atoms with Gasteiger partial charge >= 0.3 is 5.97 Å². The highest BCUT2D eigenvalue weighted by Gasteiger charge is 2.16. The summed E-state index contributed by atoms with van der Waals surface area (Å²) in [6.45, 7) is 6.46. The molecule has 0 aromatic rings. The fraction of sp³-hybridized carbons (Fsp3) is 0.818. The monoisotopic (exact) mass is 215 g/mol. The van der Waals surface area contributed by atoms with Gasteiger partial charge < -0.3 is 9.64 Å². The minimum absolute atomic E-state index is 0.0252. The Balaban J connectivity index is 3.87. The number of rotatable bonds is 6. The molecular formula is C11H21NO3. The summed E-state index contributed by atoms with van der Waals surface area (Å²) < 4.78 is 4.78. The molecule has 0 aliphatic rings. The summed E-state index contributed by atoms with van der Waals surface area (Å²) in [5.41, 5.74) is 0. The molecule has 0 aliphatic carbocycles. The number of hydrogen-bond acceptors (Lipinski definition) is 3. The minimum atomic E-state index is -0.249. The lowest BCUT2D eigenvalue weighted by atomic mass is 10.1. The summed E-state index contributed by atoms with van der Waals surface area (Å²) >= 11 is 0. The van der Waals surface area contributed by atoms with Gasteiger partial charge in [0.05, 0.1) is 13.0 Å². The molecule has 0 saturated carbocycles. The first kappa shape index (κ1) is 13.9. The van der Waals surface area contributed by atoms with Crippen LogP contribution in [0.2, 0.25) is 0 Å². The van der Waals surface area contributed by atoms with E-state index in [-0.39, 0.29) is 24.2 Å². The standard InChI is InChI=1S/C11H21NO3/c1-5-9(3)11(14)12(4)8-7-10(13)15-6-2/h9H,5-8H2,1-4H3. The molecule has 0 saturated heterocycles. The zero-order valence-corrected chi connectivity index (χ0v) is 10.1. The molecule has 0 aliphatic heterocycles. The van der Waals surface area contributed by atoms with E-state index in [4.69, 9.17) is 4.74 Å². The topological polar surface area (TPSA) is 46.6 Å². The van der Waals surface area contributed by atoms with E-state index in [0.717, 1.165) is 6.42 Å². The maximum Gasteiger partial charge on any atom is 0.307 e. The molecular weight excluding hydrogens is 194 g/mol. The minimum Gasteiger partial charge on any atom is -0.466 e. The molecule has 0 fully saturated rings. The highest BCUT2D eigenvalue weighted by molar-refractivity contribution is 5.79. The van der Waals surface area contributed by atoms with Gasteiger partial charge in [-0.05, 0) is 13.3 Å². The molecule has 0 aromatic heterocycles. The van der Waals surface area contributed by atoms with Gasteiger partial charge in [-0.2, -0.15) is 0 Å². The summed E-state index contributed by atoms with van der Waals surface area (Å²) in [4.78, 5) is 24.3. The molecule has 4 heteroatoms. The number of esters is 1. The van der Waals surface area contributed by atoms with E-state index < -0.39 is 0 Å². The molecule has 0 radical (unpaired) electrons. The Morgan fingerprint density at radius 3 is 2.40 bits per heavy atom. The largest absolute Gasteiger partial charge is 0.466 e. The van der Waals surface area contributed by atoms with E-state index in [2.05, 4.69) is 0 Å². The van der Waals surface area contributed by atoms with Gasteiger partial charge in [0, 0.05) is 19.5 Å². The molecule has 0 aromatic carbocycles. The number of carbonyl (C=O) groups is 2. The van der Waals surface area contributed by atoms with Crippen LogP contribution in [0, 0.1) is 5.92 Å². The van der Waals surface area contributed by atoms with Crippen molar-refractivity contribution in [3.8, 4) is 0 Å². The number of ether oxygens (including phenoxy) is 1. The Kier molecular flexibility index (Phi) is 6.75. The highest BCUT2D eigenvalue weighted by Crippen LogP contribution is 2.05. The molecule has 1 amide bonds. The summed E-state index contributed by atoms with van der Waals surface area (Å²) in [6, 6.07) is 0. The van der Waals surface area contributed by atoms with Gasteiger partial charge in [0.15, 0.2) is 0 Å². The lowest BCUT2D eigenvalue weighted by Crippen LogP contribution is -2.33. The number of hydrogen-bond donors (Lipinski definition) is 0. The molecule has 15 heavy (non-hydrogen) atoms. The van der Waals surface area contributed by atoms with Crippen molar-refractivity contribution in [3.63, 3.8) is 0 Å². The molecule has 1 unspecified atom stereocenters. The summed E-state index contributed by atoms with van der Waals surface area (Å²) in [5, 5.41) is 0. The predicted octanol–water partition coefficient (Wildman–Crippen LogP) is 1.44. The number of amides is 1. The highest BCUT2D eigenvalue weighted by atomic mass is 16.5. The lowest BCUT2D eigenvalue weighted by molar-refractivity contribution is -0.144. The maximum absolute atomic E-state index is 11.6. The van der Waals surface area contributed by atoms with Gasteiger partial charge in [-0.1, -0.05) is 13.8 Å². The molecule has 0 N–H and O–H groups in total. The van der Waals surface area contributed by atoms with Crippen LogP contribution in [-0.2, 0) is 14.3 Å². The zero-order chi connectivity index (χ0) is 11.8. The van der Waals surface area contributed by atoms with Crippen LogP contribution in [0.4, 0.5) is 0 Å². The SMILES string of the molecule is CCOC(=O)CCN(C)C(=O)C(C)CC. The third kappa shape index (κ3) is 5.40. The van der Waals surface area contributed by atoms with E-state index in [1.54, 1.807) is 18.9 Å². The Labute approximate surface area is 91.6 Å². The van der Waals surface area contributed by atoms with Crippen LogP contribution in [0.25, 0.3) is 0 Å². The average Bonchev–Trinajstić information content (AvgIpc) is 2.24. The lowest BCUT2D eigenvalue weighted by Gasteiger charge is -2.20. The zero-order valence-electron chi connectivity index (χ0n) is 10.1. The summed E-state index contributed by atoms with van der Waals surface area (Å²) in [5.74, 6) is -0.139. The third-order valence-electron chi connectivity index (χ3n) is 2.37. The van der Waals surface area contributed by atoms with Gasteiger partial charge in [-0.3, -0.25) is 9.59 Å². The Hall–Kier alpha value is -1.06. The van der Waals surface area contributed by atoms with Crippen molar-refractivity contribution in [1.82, 2.24) is 4.90 Å². The molecule has 0 spiro atoms. The van der Waals surface area contributed by atoms with Gasteiger partial charge in [0.2, 0.25) is 5.91 Å². The van der Waals surface area contributed by atoms with E-state index in [1.807, 2.05) is 13.8 Å². The maximum atomic E-state index is 11.6. The molecule has 1 atom stereocenters. The van der Waals surface area contributed by atoms with E-state index in [0.29, 0.717) is 13.2 Å². The molecule has 0 rings (SSSR count). The smallest absolute Gasteiger partial charge is 0.307 e. The normalized spacial score (nSPS) is 12.0. The van der Waals surface area contributed by atoms with Crippen molar-refractivity contribution >= 4 is 11.9 Å². The van der Waals surface area contributed by atoms with E-state index in [1.165, 1.54) is 0 Å². The molecule has 0 bridgehead atoms. The van der Waals surface area contributed by atoms with Crippen LogP contribution in [-0.4, -0.2) is 37.0 Å². The fourth-order valence-corrected chi connectivity index (χ4v) is 1.15. The summed E-state index contributed by atoms with van der Waals surface area (Å²) in [7, 11) is 1.72. The van der Waals surface area contributed by atoms with Crippen LogP contribution >= 0.6 is 0 Å². The average molecular weight is 215 g/mol. The van der Waals surface area contributed by atoms with E-state index in [9.17, 15) is 9.59 Å². The first-order valence-corrected chi connectivity index (χ1v) is 5.43. The third-order valence-corrected chi connectivity index (χ3v) is 2.37. The van der Waals surface area contributed by atoms with Gasteiger partial charge in [0.25, 0.3) is 0 Å². The predicted molar refractivity (Wildman–Crippen MR) is 58.3 cm³/mol. The molecule has 88 valence electrons. The summed E-state index contributed by atoms with van der Waals surface area (Å²) in [6.07, 6.45) is 1.09. The van der Waals surface area contributed by atoms with Crippen LogP contribution in [0.5, 0.6) is 0 Å². The van der Waals surface area contributed by atoms with Crippen LogP contribution in [0.1, 0.15) is 33.6 Å². The number of carbonyl (C=O) groups excluding carboxylic acids is 2. The first-order chi connectivity index (χ1) is 7.02. The second-order valence-corrected chi connectivity index (χ2v) is 3.62. The Bertz CT molecular complexity index is 216. The van der Waals surface area contributed by atoms with Crippen molar-refractivity contribution in [2.24, 2.45) is 5.92 Å². The van der Waals surface area contributed by atoms with Crippen molar-refractivity contribution in [2.45, 2.75) is 33.6 Å². The van der Waals surface area contributed by atoms with Gasteiger partial charge in [-0.25, -0.2) is 0 Å². The van der Waals surface area contributed by atoms with Crippen LogP contribution in [0.15, 0.2) is 0 Å². The van der Waals surface area contributed by atoms with Crippen molar-refractivity contribution in [2.75, 3.05) is 20.2 Å². The second kappa shape index (κ2) is 7.26. The van der Waals surface area contributed by atoms with E-state index >= 15 is 0 Å². The number of nitrogens with zero attached hydrogens (tertiary/aromatic N) is 1. The van der Waals surface area contributed by atoms with Crippen molar-refractivity contribution < 1.29 is 14.3 Å². The second-order valence-electron chi connectivity index (χ2n) is 3.62. The first-order valence-electron chi connectivity index (χ1n) is 5.43. The molecule has 4 nitrogen and oxygen atoms in total. The van der Waals surface area contributed by atoms with Gasteiger partial charge in [0.1, 0.15) is 0 Å². The van der Waals surface area contributed by atoms with Gasteiger partial charge in [-0.15, -0.1) is 0 Å². The van der Waals surface area contributed by atoms with Crippen molar-refractivity contribution in [1.29, 1.82) is 0 Å². The van der Waals surface area contributed by atoms with Crippen LogP contribution in [0.3, 0.4) is 0 Å². The van der Waals surface area contributed by atoms with Crippen molar-refractivity contribution in [3.05, 3.63) is 0 Å². The molecule has 0 heterocycles.